The van der Waals surface area contributed by atoms with E-state index in [4.69, 9.17) is 10.5 Å². The molecule has 0 saturated carbocycles. The lowest BCUT2D eigenvalue weighted by Crippen LogP contribution is -2.28. The maximum absolute atomic E-state index is 11.0. The number of carbonyl (C=O) groups is 2. The molecule has 0 aliphatic rings. The van der Waals surface area contributed by atoms with Gasteiger partial charge in [0, 0.05) is 12.8 Å². The molecule has 80 valence electrons. The largest absolute Gasteiger partial charge is 0.466 e. The molecule has 0 rings (SSSR count). The average molecular weight is 201 g/mol. The minimum Gasteiger partial charge on any atom is -0.466 e. The fourth-order valence-corrected chi connectivity index (χ4v) is 0.762. The Morgan fingerprint density at radius 3 is 2.50 bits per heavy atom. The first-order valence-corrected chi connectivity index (χ1v) is 4.20. The van der Waals surface area contributed by atoms with Gasteiger partial charge in [-0.25, -0.2) is 9.80 Å². The third-order valence-electron chi connectivity index (χ3n) is 1.35. The van der Waals surface area contributed by atoms with Gasteiger partial charge in [0.2, 0.25) is 0 Å². The van der Waals surface area contributed by atoms with Crippen LogP contribution in [0, 0.1) is 0 Å². The van der Waals surface area contributed by atoms with Crippen molar-refractivity contribution in [3.63, 3.8) is 0 Å². The number of carbonyl (C=O) groups excluding carboxylic acids is 2. The highest BCUT2D eigenvalue weighted by atomic mass is 16.5. The molecular formula is C8H15N3O3. The van der Waals surface area contributed by atoms with Crippen LogP contribution in [0.3, 0.4) is 0 Å². The highest BCUT2D eigenvalue weighted by Crippen LogP contribution is 1.93. The third-order valence-corrected chi connectivity index (χ3v) is 1.35. The van der Waals surface area contributed by atoms with Crippen molar-refractivity contribution in [2.75, 3.05) is 13.7 Å². The smallest absolute Gasteiger partial charge is 0.334 e. The summed E-state index contributed by atoms with van der Waals surface area (Å²) in [6, 6.07) is -0.673. The molecule has 0 radical (unpaired) electrons. The van der Waals surface area contributed by atoms with Crippen molar-refractivity contribution in [3.05, 3.63) is 0 Å². The van der Waals surface area contributed by atoms with Crippen LogP contribution in [0.2, 0.25) is 0 Å². The van der Waals surface area contributed by atoms with Crippen molar-refractivity contribution < 1.29 is 14.3 Å². The van der Waals surface area contributed by atoms with Crippen LogP contribution in [0.1, 0.15) is 20.3 Å². The Labute approximate surface area is 82.7 Å². The number of primary amides is 1. The van der Waals surface area contributed by atoms with Crippen LogP contribution in [0.25, 0.3) is 0 Å². The molecule has 0 bridgehead atoms. The molecule has 0 spiro atoms. The van der Waals surface area contributed by atoms with Crippen LogP contribution < -0.4 is 5.73 Å². The first kappa shape index (κ1) is 12.4. The summed E-state index contributed by atoms with van der Waals surface area (Å²) in [4.78, 5) is 21.5. The zero-order valence-corrected chi connectivity index (χ0v) is 8.61. The van der Waals surface area contributed by atoms with E-state index in [1.165, 1.54) is 7.05 Å². The van der Waals surface area contributed by atoms with E-state index in [9.17, 15) is 9.59 Å². The zero-order valence-electron chi connectivity index (χ0n) is 8.61. The van der Waals surface area contributed by atoms with E-state index in [-0.39, 0.29) is 12.4 Å². The first-order chi connectivity index (χ1) is 6.47. The van der Waals surface area contributed by atoms with Crippen molar-refractivity contribution in [2.24, 2.45) is 10.8 Å². The van der Waals surface area contributed by atoms with Gasteiger partial charge in [-0.3, -0.25) is 4.79 Å². The fourth-order valence-electron chi connectivity index (χ4n) is 0.762. The highest BCUT2D eigenvalue weighted by Gasteiger charge is 2.06. The normalized spacial score (nSPS) is 10.9. The number of amides is 2. The number of hydrogen-bond donors (Lipinski definition) is 1. The Morgan fingerprint density at radius 2 is 2.07 bits per heavy atom. The molecule has 2 amide bonds. The summed E-state index contributed by atoms with van der Waals surface area (Å²) in [5.74, 6) is -0.369. The summed E-state index contributed by atoms with van der Waals surface area (Å²) in [6.07, 6.45) is 0.0610. The first-order valence-electron chi connectivity index (χ1n) is 4.20. The lowest BCUT2D eigenvalue weighted by atomic mass is 10.3. The molecular weight excluding hydrogens is 186 g/mol. The second-order valence-corrected chi connectivity index (χ2v) is 2.68. The maximum Gasteiger partial charge on any atom is 0.334 e. The predicted molar refractivity (Wildman–Crippen MR) is 51.7 cm³/mol. The molecule has 6 nitrogen and oxygen atoms in total. The molecule has 0 unspecified atom stereocenters. The lowest BCUT2D eigenvalue weighted by molar-refractivity contribution is -0.141. The standard InChI is InChI=1S/C8H15N3O3/c1-4-14-7(12)5-6(2)10-11(3)8(9)13/h4-5H2,1-3H3,(H2,9,13)/b10-6+. The minimum atomic E-state index is -0.673. The maximum atomic E-state index is 11.0. The Balaban J connectivity index is 4.12. The summed E-state index contributed by atoms with van der Waals surface area (Å²) >= 11 is 0. The fraction of sp³-hybridized carbons (Fsp3) is 0.625. The summed E-state index contributed by atoms with van der Waals surface area (Å²) in [7, 11) is 1.41. The van der Waals surface area contributed by atoms with E-state index in [1.54, 1.807) is 13.8 Å². The van der Waals surface area contributed by atoms with Gasteiger partial charge in [-0.2, -0.15) is 5.10 Å². The highest BCUT2D eigenvalue weighted by molar-refractivity contribution is 5.97. The zero-order chi connectivity index (χ0) is 11.1. The molecule has 0 aliphatic heterocycles. The number of nitrogens with two attached hydrogens (primary N) is 1. The molecule has 0 aromatic heterocycles. The van der Waals surface area contributed by atoms with Crippen LogP contribution >= 0.6 is 0 Å². The van der Waals surface area contributed by atoms with Crippen LogP contribution in [0.5, 0.6) is 0 Å². The van der Waals surface area contributed by atoms with Gasteiger partial charge in [-0.05, 0) is 13.8 Å². The van der Waals surface area contributed by atoms with E-state index in [1.807, 2.05) is 0 Å². The van der Waals surface area contributed by atoms with Gasteiger partial charge in [-0.1, -0.05) is 0 Å². The predicted octanol–water partition coefficient (Wildman–Crippen LogP) is 0.326. The molecule has 14 heavy (non-hydrogen) atoms. The number of hydrogen-bond acceptors (Lipinski definition) is 4. The van der Waals surface area contributed by atoms with Crippen molar-refractivity contribution in [3.8, 4) is 0 Å². The number of esters is 1. The average Bonchev–Trinajstić information content (AvgIpc) is 2.03. The van der Waals surface area contributed by atoms with E-state index in [2.05, 4.69) is 5.10 Å². The lowest BCUT2D eigenvalue weighted by Gasteiger charge is -2.08. The van der Waals surface area contributed by atoms with Gasteiger partial charge in [0.05, 0.1) is 13.0 Å². The monoisotopic (exact) mass is 201 g/mol. The molecule has 6 heteroatoms. The van der Waals surface area contributed by atoms with Crippen molar-refractivity contribution in [2.45, 2.75) is 20.3 Å². The molecule has 0 aliphatic carbocycles. The summed E-state index contributed by atoms with van der Waals surface area (Å²) < 4.78 is 4.70. The third kappa shape index (κ3) is 5.13. The van der Waals surface area contributed by atoms with Crippen LogP contribution in [0.15, 0.2) is 5.10 Å². The Hall–Kier alpha value is -1.59. The van der Waals surface area contributed by atoms with Crippen LogP contribution in [0.4, 0.5) is 4.79 Å². The second-order valence-electron chi connectivity index (χ2n) is 2.68. The van der Waals surface area contributed by atoms with Crippen molar-refractivity contribution in [1.29, 1.82) is 0 Å². The number of rotatable bonds is 4. The Bertz CT molecular complexity index is 250. The number of urea groups is 1. The topological polar surface area (TPSA) is 85.0 Å². The molecule has 0 aromatic carbocycles. The van der Waals surface area contributed by atoms with Crippen molar-refractivity contribution in [1.82, 2.24) is 5.01 Å². The molecule has 0 saturated heterocycles. The second kappa shape index (κ2) is 5.95. The molecule has 0 fully saturated rings. The van der Waals surface area contributed by atoms with E-state index in [0.29, 0.717) is 12.3 Å². The minimum absolute atomic E-state index is 0.0610. The van der Waals surface area contributed by atoms with Gasteiger partial charge in [-0.15, -0.1) is 0 Å². The van der Waals surface area contributed by atoms with Gasteiger partial charge in [0.15, 0.2) is 0 Å². The number of nitrogens with zero attached hydrogens (tertiary/aromatic N) is 2. The summed E-state index contributed by atoms with van der Waals surface area (Å²) in [5.41, 5.74) is 5.41. The molecule has 0 heterocycles. The van der Waals surface area contributed by atoms with Gasteiger partial charge in [0.25, 0.3) is 0 Å². The number of ether oxygens (including phenoxy) is 1. The Kier molecular flexibility index (Phi) is 5.28. The quantitative estimate of drug-likeness (QED) is 0.404. The van der Waals surface area contributed by atoms with Gasteiger partial charge < -0.3 is 10.5 Å². The van der Waals surface area contributed by atoms with Crippen LogP contribution in [-0.4, -0.2) is 36.4 Å². The molecule has 0 aromatic rings. The van der Waals surface area contributed by atoms with Gasteiger partial charge >= 0.3 is 12.0 Å². The van der Waals surface area contributed by atoms with Gasteiger partial charge in [0.1, 0.15) is 0 Å². The molecule has 2 N–H and O–H groups in total. The summed E-state index contributed by atoms with van der Waals surface area (Å²) in [6.45, 7) is 3.67. The summed E-state index contributed by atoms with van der Waals surface area (Å²) in [5, 5.41) is 4.74. The van der Waals surface area contributed by atoms with Crippen LogP contribution in [-0.2, 0) is 9.53 Å². The Morgan fingerprint density at radius 1 is 1.50 bits per heavy atom. The van der Waals surface area contributed by atoms with E-state index in [0.717, 1.165) is 5.01 Å². The number of hydrazone groups is 1. The SMILES string of the molecule is CCOC(=O)C/C(C)=N/N(C)C(N)=O. The molecule has 0 atom stereocenters. The van der Waals surface area contributed by atoms with Crippen molar-refractivity contribution >= 4 is 17.7 Å². The van der Waals surface area contributed by atoms with E-state index >= 15 is 0 Å². The van der Waals surface area contributed by atoms with E-state index < -0.39 is 6.03 Å².